The Morgan fingerprint density at radius 3 is 2.74 bits per heavy atom. The van der Waals surface area contributed by atoms with Gasteiger partial charge in [-0.2, -0.15) is 0 Å². The van der Waals surface area contributed by atoms with Crippen molar-refractivity contribution in [3.63, 3.8) is 0 Å². The molecule has 0 saturated carbocycles. The molecule has 2 aromatic carbocycles. The van der Waals surface area contributed by atoms with Gasteiger partial charge in [-0.05, 0) is 35.7 Å². The van der Waals surface area contributed by atoms with E-state index in [4.69, 9.17) is 4.74 Å². The maximum atomic E-state index is 12.9. The van der Waals surface area contributed by atoms with E-state index in [-0.39, 0.29) is 31.3 Å². The molecule has 1 saturated heterocycles. The molecule has 2 aromatic rings. The Labute approximate surface area is 178 Å². The van der Waals surface area contributed by atoms with E-state index in [1.807, 2.05) is 6.07 Å². The van der Waals surface area contributed by atoms with Crippen LogP contribution in [0.1, 0.15) is 34.3 Å². The van der Waals surface area contributed by atoms with Crippen LogP contribution in [0.2, 0.25) is 0 Å². The third kappa shape index (κ3) is 4.07. The SMILES string of the molecule is COc1ccccc1NC(=O)NCc1cccc2c1CN(C1CCC(=O)NC1=O)C2=O. The van der Waals surface area contributed by atoms with Gasteiger partial charge < -0.3 is 20.3 Å². The highest BCUT2D eigenvalue weighted by Gasteiger charge is 2.39. The molecule has 3 N–H and O–H groups in total. The number of piperidine rings is 1. The molecular formula is C22H22N4O5. The number of carbonyl (C=O) groups excluding carboxylic acids is 4. The number of para-hydroxylation sites is 2. The van der Waals surface area contributed by atoms with Crippen LogP contribution in [0.15, 0.2) is 42.5 Å². The molecule has 4 rings (SSSR count). The van der Waals surface area contributed by atoms with Gasteiger partial charge in [0.2, 0.25) is 11.8 Å². The highest BCUT2D eigenvalue weighted by atomic mass is 16.5. The summed E-state index contributed by atoms with van der Waals surface area (Å²) in [7, 11) is 1.52. The predicted molar refractivity (Wildman–Crippen MR) is 111 cm³/mol. The number of anilines is 1. The lowest BCUT2D eigenvalue weighted by atomic mass is 10.0. The van der Waals surface area contributed by atoms with Crippen molar-refractivity contribution in [2.45, 2.75) is 32.0 Å². The van der Waals surface area contributed by atoms with Crippen molar-refractivity contribution >= 4 is 29.4 Å². The van der Waals surface area contributed by atoms with E-state index in [1.165, 1.54) is 12.0 Å². The van der Waals surface area contributed by atoms with Crippen molar-refractivity contribution < 1.29 is 23.9 Å². The summed E-state index contributed by atoms with van der Waals surface area (Å²) in [5.74, 6) is -0.474. The van der Waals surface area contributed by atoms with Gasteiger partial charge in [0, 0.05) is 25.1 Å². The second kappa shape index (κ2) is 8.47. The number of amides is 5. The minimum atomic E-state index is -0.674. The number of nitrogens with zero attached hydrogens (tertiary/aromatic N) is 1. The summed E-state index contributed by atoms with van der Waals surface area (Å²) in [6.07, 6.45) is 0.507. The molecule has 9 heteroatoms. The number of fused-ring (bicyclic) bond motifs is 1. The smallest absolute Gasteiger partial charge is 0.319 e. The summed E-state index contributed by atoms with van der Waals surface area (Å²) < 4.78 is 5.23. The number of imide groups is 1. The third-order valence-corrected chi connectivity index (χ3v) is 5.47. The summed E-state index contributed by atoms with van der Waals surface area (Å²) in [6.45, 7) is 0.465. The van der Waals surface area contributed by atoms with Crippen molar-refractivity contribution in [2.75, 3.05) is 12.4 Å². The molecule has 0 aliphatic carbocycles. The maximum Gasteiger partial charge on any atom is 0.319 e. The normalized spacial score (nSPS) is 17.8. The first-order valence-electron chi connectivity index (χ1n) is 9.91. The zero-order valence-electron chi connectivity index (χ0n) is 16.9. The van der Waals surface area contributed by atoms with Crippen molar-refractivity contribution in [1.29, 1.82) is 0 Å². The molecular weight excluding hydrogens is 400 g/mol. The Morgan fingerprint density at radius 2 is 1.97 bits per heavy atom. The van der Waals surface area contributed by atoms with Gasteiger partial charge in [-0.1, -0.05) is 24.3 Å². The molecule has 0 radical (unpaired) electrons. The van der Waals surface area contributed by atoms with Crippen LogP contribution in [0.4, 0.5) is 10.5 Å². The molecule has 0 bridgehead atoms. The van der Waals surface area contributed by atoms with Gasteiger partial charge in [-0.3, -0.25) is 19.7 Å². The number of nitrogens with one attached hydrogen (secondary N) is 3. The van der Waals surface area contributed by atoms with Crippen LogP contribution in [0, 0.1) is 0 Å². The van der Waals surface area contributed by atoms with E-state index in [0.717, 1.165) is 11.1 Å². The average Bonchev–Trinajstić information content (AvgIpc) is 3.09. The molecule has 0 spiro atoms. The van der Waals surface area contributed by atoms with E-state index in [2.05, 4.69) is 16.0 Å². The number of rotatable bonds is 5. The summed E-state index contributed by atoms with van der Waals surface area (Å²) in [5.41, 5.74) is 2.61. The van der Waals surface area contributed by atoms with Crippen molar-refractivity contribution in [1.82, 2.24) is 15.5 Å². The number of ether oxygens (including phenoxy) is 1. The number of carbonyl (C=O) groups is 4. The van der Waals surface area contributed by atoms with Crippen LogP contribution in [0.25, 0.3) is 0 Å². The first-order chi connectivity index (χ1) is 15.0. The lowest BCUT2D eigenvalue weighted by Crippen LogP contribution is -2.52. The fourth-order valence-electron chi connectivity index (χ4n) is 3.91. The summed E-state index contributed by atoms with van der Waals surface area (Å²) >= 11 is 0. The van der Waals surface area contributed by atoms with Crippen molar-refractivity contribution in [2.24, 2.45) is 0 Å². The van der Waals surface area contributed by atoms with Gasteiger partial charge in [0.25, 0.3) is 5.91 Å². The minimum Gasteiger partial charge on any atom is -0.495 e. The molecule has 2 aliphatic rings. The predicted octanol–water partition coefficient (Wildman–Crippen LogP) is 1.78. The zero-order chi connectivity index (χ0) is 22.0. The molecule has 5 amide bonds. The van der Waals surface area contributed by atoms with Gasteiger partial charge in [-0.15, -0.1) is 0 Å². The minimum absolute atomic E-state index is 0.202. The monoisotopic (exact) mass is 422 g/mol. The van der Waals surface area contributed by atoms with E-state index in [0.29, 0.717) is 23.4 Å². The number of hydrogen-bond acceptors (Lipinski definition) is 5. The topological polar surface area (TPSA) is 117 Å². The second-order valence-electron chi connectivity index (χ2n) is 7.35. The Hall–Kier alpha value is -3.88. The molecule has 9 nitrogen and oxygen atoms in total. The van der Waals surface area contributed by atoms with Crippen LogP contribution in [-0.2, 0) is 22.7 Å². The van der Waals surface area contributed by atoms with Gasteiger partial charge in [-0.25, -0.2) is 4.79 Å². The first kappa shape index (κ1) is 20.4. The van der Waals surface area contributed by atoms with Crippen LogP contribution >= 0.6 is 0 Å². The van der Waals surface area contributed by atoms with Crippen LogP contribution < -0.4 is 20.7 Å². The number of methoxy groups -OCH3 is 1. The van der Waals surface area contributed by atoms with E-state index >= 15 is 0 Å². The van der Waals surface area contributed by atoms with Gasteiger partial charge in [0.1, 0.15) is 11.8 Å². The standard InChI is InChI=1S/C22H22N4O5/c1-31-18-8-3-2-7-16(18)24-22(30)23-11-13-5-4-6-14-15(13)12-26(21(14)29)17-9-10-19(27)25-20(17)28/h2-8,17H,9-12H2,1H3,(H2,23,24,30)(H,25,27,28). The van der Waals surface area contributed by atoms with Gasteiger partial charge >= 0.3 is 6.03 Å². The summed E-state index contributed by atoms with van der Waals surface area (Å²) in [4.78, 5) is 50.4. The first-order valence-corrected chi connectivity index (χ1v) is 9.91. The zero-order valence-corrected chi connectivity index (χ0v) is 16.9. The Morgan fingerprint density at radius 1 is 1.16 bits per heavy atom. The van der Waals surface area contributed by atoms with Gasteiger partial charge in [0.15, 0.2) is 0 Å². The fourth-order valence-corrected chi connectivity index (χ4v) is 3.91. The lowest BCUT2D eigenvalue weighted by Gasteiger charge is -2.29. The molecule has 31 heavy (non-hydrogen) atoms. The van der Waals surface area contributed by atoms with Crippen LogP contribution in [0.5, 0.6) is 5.75 Å². The summed E-state index contributed by atoms with van der Waals surface area (Å²) in [5, 5.41) is 7.83. The molecule has 160 valence electrons. The highest BCUT2D eigenvalue weighted by molar-refractivity contribution is 6.05. The summed E-state index contributed by atoms with van der Waals surface area (Å²) in [6, 6.07) is 11.3. The Balaban J connectivity index is 1.44. The molecule has 1 unspecified atom stereocenters. The highest BCUT2D eigenvalue weighted by Crippen LogP contribution is 2.30. The van der Waals surface area contributed by atoms with Crippen molar-refractivity contribution in [3.05, 3.63) is 59.2 Å². The van der Waals surface area contributed by atoms with Crippen molar-refractivity contribution in [3.8, 4) is 5.75 Å². The fraction of sp³-hybridized carbons (Fsp3) is 0.273. The average molecular weight is 422 g/mol. The van der Waals surface area contributed by atoms with Gasteiger partial charge in [0.05, 0.1) is 12.8 Å². The quantitative estimate of drug-likeness (QED) is 0.635. The number of urea groups is 1. The maximum absolute atomic E-state index is 12.9. The molecule has 1 fully saturated rings. The Bertz CT molecular complexity index is 1070. The van der Waals surface area contributed by atoms with E-state index in [9.17, 15) is 19.2 Å². The van der Waals surface area contributed by atoms with Crippen LogP contribution in [0.3, 0.4) is 0 Å². The van der Waals surface area contributed by atoms with E-state index < -0.39 is 18.0 Å². The van der Waals surface area contributed by atoms with Crippen LogP contribution in [-0.4, -0.2) is 41.8 Å². The van der Waals surface area contributed by atoms with E-state index in [1.54, 1.807) is 36.4 Å². The molecule has 0 aromatic heterocycles. The number of hydrogen-bond donors (Lipinski definition) is 3. The largest absolute Gasteiger partial charge is 0.495 e. The molecule has 2 aliphatic heterocycles. The second-order valence-corrected chi connectivity index (χ2v) is 7.35. The Kier molecular flexibility index (Phi) is 5.57. The number of benzene rings is 2. The molecule has 2 heterocycles. The lowest BCUT2D eigenvalue weighted by molar-refractivity contribution is -0.136. The third-order valence-electron chi connectivity index (χ3n) is 5.47. The molecule has 1 atom stereocenters.